The van der Waals surface area contributed by atoms with E-state index in [1.54, 1.807) is 20.8 Å². The van der Waals surface area contributed by atoms with Gasteiger partial charge in [0.1, 0.15) is 47.7 Å². The molecule has 1 aromatic rings. The maximum Gasteiger partial charge on any atom is 0.329 e. The molecule has 8 atom stereocenters. The lowest BCUT2D eigenvalue weighted by Gasteiger charge is -2.51. The van der Waals surface area contributed by atoms with Crippen LogP contribution in [0.4, 0.5) is 0 Å². The van der Waals surface area contributed by atoms with Gasteiger partial charge in [-0.3, -0.25) is 39.0 Å². The SMILES string of the molecule is CC[C@H](C)[C@@H]1NC(=O)C(CNC(=O)C(NC(=O)[C@H](CCCNC(=N)N)NC(=O)[C@@H](N)CC(=O)OC2CC(C)(C)N(O)C(C)(C)C2)C(C)C)SC[C@@H](C(=O)OC2CC(C)(C)N(O)C(C)(C)C2)NC(=O)[C@H](Cc2cnc[nH]2)NC1=O. The van der Waals surface area contributed by atoms with Gasteiger partial charge in [-0.05, 0) is 80.1 Å². The molecule has 1 aromatic heterocycles. The number of rotatable bonds is 21. The Hall–Kier alpha value is -5.61. The van der Waals surface area contributed by atoms with Crippen molar-refractivity contribution in [3.8, 4) is 0 Å². The van der Waals surface area contributed by atoms with Crippen LogP contribution < -0.4 is 48.7 Å². The van der Waals surface area contributed by atoms with Gasteiger partial charge in [0.05, 0.1) is 18.8 Å². The first-order valence-electron chi connectivity index (χ1n) is 26.8. The maximum absolute atomic E-state index is 14.4. The number of nitrogens with zero attached hydrogens (tertiary/aromatic N) is 3. The standard InChI is InChI=1S/C51H88N14O12S/c1-13-28(4)39-45(72)60-34(17-29-23-55-26-58-29)42(69)61-35(46(73)77-31-21-50(9,10)65(75)51(11,12)22-31)25-78-36(43(70)63-39)24-57-44(71)38(27(2)3)62-41(68)33(15-14-16-56-47(53)54)59-40(67)32(52)18-37(66)76-30-19-48(5,6)64(74)49(7,8)20-30/h23,26-28,30-36,38-39,74-75H,13-22,24-25,52H2,1-12H3,(H,55,58)(H,57,71)(H,59,67)(H,60,72)(H,61,69)(H,62,68)(H,63,70)(H4,53,54,56)/t28-,32-,33-,34-,35-,36?,38?,39-/m0/s1. The maximum atomic E-state index is 14.4. The minimum Gasteiger partial charge on any atom is -0.462 e. The van der Waals surface area contributed by atoms with E-state index < -0.39 is 142 Å². The third-order valence-corrected chi connectivity index (χ3v) is 15.9. The van der Waals surface area contributed by atoms with Gasteiger partial charge < -0.3 is 73.6 Å². The quantitative estimate of drug-likeness (QED) is 0.0338. The first-order chi connectivity index (χ1) is 36.2. The van der Waals surface area contributed by atoms with Gasteiger partial charge in [-0.2, -0.15) is 10.1 Å². The van der Waals surface area contributed by atoms with E-state index in [0.29, 0.717) is 25.0 Å². The van der Waals surface area contributed by atoms with Crippen molar-refractivity contribution in [2.75, 3.05) is 18.8 Å². The van der Waals surface area contributed by atoms with E-state index >= 15 is 0 Å². The summed E-state index contributed by atoms with van der Waals surface area (Å²) >= 11 is 0.931. The van der Waals surface area contributed by atoms with E-state index in [1.165, 1.54) is 22.7 Å². The minimum absolute atomic E-state index is 0.0185. The number of nitrogens with two attached hydrogens (primary N) is 2. The third kappa shape index (κ3) is 18.2. The molecule has 78 heavy (non-hydrogen) atoms. The van der Waals surface area contributed by atoms with Crippen molar-refractivity contribution in [3.63, 3.8) is 0 Å². The average molecular weight is 1120 g/mol. The molecule has 0 radical (unpaired) electrons. The lowest BCUT2D eigenvalue weighted by atomic mass is 9.80. The van der Waals surface area contributed by atoms with Gasteiger partial charge >= 0.3 is 11.9 Å². The number of hydrogen-bond acceptors (Lipinski definition) is 18. The van der Waals surface area contributed by atoms with Crippen molar-refractivity contribution in [1.29, 1.82) is 5.41 Å². The lowest BCUT2D eigenvalue weighted by Crippen LogP contribution is -2.62. The number of aromatic nitrogens is 2. The molecule has 3 aliphatic rings. The average Bonchev–Trinajstić information content (AvgIpc) is 3.89. The van der Waals surface area contributed by atoms with Gasteiger partial charge in [0.15, 0.2) is 5.96 Å². The molecule has 26 nitrogen and oxygen atoms in total. The number of nitrogens with one attached hydrogen (secondary N) is 9. The highest BCUT2D eigenvalue weighted by Gasteiger charge is 2.48. The molecule has 3 fully saturated rings. The molecule has 27 heteroatoms. The smallest absolute Gasteiger partial charge is 0.329 e. The molecule has 4 heterocycles. The zero-order valence-electron chi connectivity index (χ0n) is 47.4. The van der Waals surface area contributed by atoms with Crippen molar-refractivity contribution in [3.05, 3.63) is 18.2 Å². The van der Waals surface area contributed by atoms with Gasteiger partial charge in [0.2, 0.25) is 35.4 Å². The summed E-state index contributed by atoms with van der Waals surface area (Å²) in [5.74, 6) is -7.51. The highest BCUT2D eigenvalue weighted by atomic mass is 32.2. The molecule has 2 unspecified atom stereocenters. The number of H-pyrrole nitrogens is 1. The second kappa shape index (κ2) is 27.5. The number of carbonyl (C=O) groups excluding carboxylic acids is 8. The fourth-order valence-electron chi connectivity index (χ4n) is 10.4. The Morgan fingerprint density at radius 3 is 1.92 bits per heavy atom. The van der Waals surface area contributed by atoms with Crippen LogP contribution in [-0.4, -0.2) is 179 Å². The Morgan fingerprint density at radius 1 is 0.821 bits per heavy atom. The number of piperidine rings is 2. The molecule has 4 rings (SSSR count). The number of ether oxygens (including phenoxy) is 2. The normalized spacial score (nSPS) is 24.7. The summed E-state index contributed by atoms with van der Waals surface area (Å²) in [7, 11) is 0. The molecule has 0 aromatic carbocycles. The van der Waals surface area contributed by atoms with Gasteiger partial charge in [0.25, 0.3) is 0 Å². The van der Waals surface area contributed by atoms with Crippen LogP contribution in [0.25, 0.3) is 0 Å². The molecule has 3 saturated heterocycles. The van der Waals surface area contributed by atoms with Crippen LogP contribution in [0.3, 0.4) is 0 Å². The van der Waals surface area contributed by atoms with Crippen molar-refractivity contribution in [1.82, 2.24) is 57.3 Å². The number of amides is 6. The number of hydrogen-bond donors (Lipinski definition) is 13. The monoisotopic (exact) mass is 1120 g/mol. The van der Waals surface area contributed by atoms with Gasteiger partial charge in [-0.1, -0.05) is 34.1 Å². The summed E-state index contributed by atoms with van der Waals surface area (Å²) < 4.78 is 11.8. The van der Waals surface area contributed by atoms with Gasteiger partial charge in [-0.25, -0.2) is 9.78 Å². The van der Waals surface area contributed by atoms with Gasteiger partial charge in [0, 0.05) is 85.0 Å². The zero-order valence-corrected chi connectivity index (χ0v) is 48.2. The van der Waals surface area contributed by atoms with Crippen molar-refractivity contribution >= 4 is 65.1 Å². The zero-order chi connectivity index (χ0) is 58.7. The number of hydroxylamine groups is 4. The first-order valence-corrected chi connectivity index (χ1v) is 27.8. The van der Waals surface area contributed by atoms with E-state index in [1.807, 2.05) is 62.3 Å². The topological polar surface area (TPSA) is 391 Å². The number of thioether (sulfide) groups is 1. The predicted octanol–water partition coefficient (Wildman–Crippen LogP) is 0.199. The number of carbonyl (C=O) groups is 8. The van der Waals surface area contributed by atoms with E-state index in [4.69, 9.17) is 26.4 Å². The number of guanidine groups is 1. The van der Waals surface area contributed by atoms with Crippen molar-refractivity contribution in [2.24, 2.45) is 23.3 Å². The molecule has 0 saturated carbocycles. The summed E-state index contributed by atoms with van der Waals surface area (Å²) in [5.41, 5.74) is 9.17. The number of imidazole rings is 1. The fourth-order valence-corrected chi connectivity index (χ4v) is 11.4. The summed E-state index contributed by atoms with van der Waals surface area (Å²) in [6, 6.07) is -7.71. The highest BCUT2D eigenvalue weighted by molar-refractivity contribution is 8.00. The summed E-state index contributed by atoms with van der Waals surface area (Å²) in [6.07, 6.45) is 2.90. The minimum atomic E-state index is -1.44. The number of esters is 2. The second-order valence-corrected chi connectivity index (χ2v) is 25.0. The Labute approximate surface area is 461 Å². The van der Waals surface area contributed by atoms with E-state index in [9.17, 15) is 48.8 Å². The first kappa shape index (κ1) is 64.9. The summed E-state index contributed by atoms with van der Waals surface area (Å²) in [6.45, 7) is 21.2. The molecule has 3 aliphatic heterocycles. The Bertz CT molecular complexity index is 2250. The molecular weight excluding hydrogens is 1030 g/mol. The summed E-state index contributed by atoms with van der Waals surface area (Å²) in [5, 5.41) is 49.5. The third-order valence-electron chi connectivity index (χ3n) is 14.6. The molecule has 0 bridgehead atoms. The second-order valence-electron chi connectivity index (χ2n) is 23.8. The summed E-state index contributed by atoms with van der Waals surface area (Å²) in [4.78, 5) is 119. The van der Waals surface area contributed by atoms with Crippen LogP contribution >= 0.6 is 11.8 Å². The lowest BCUT2D eigenvalue weighted by molar-refractivity contribution is -0.259. The Kier molecular flexibility index (Phi) is 22.9. The van der Waals surface area contributed by atoms with Crippen LogP contribution in [0.2, 0.25) is 0 Å². The Balaban J connectivity index is 1.55. The van der Waals surface area contributed by atoms with E-state index in [2.05, 4.69) is 47.2 Å². The molecule has 0 spiro atoms. The van der Waals surface area contributed by atoms with Gasteiger partial charge in [-0.15, -0.1) is 11.8 Å². The van der Waals surface area contributed by atoms with Crippen molar-refractivity contribution in [2.45, 2.75) is 217 Å². The molecular formula is C51H88N14O12S. The predicted molar refractivity (Wildman–Crippen MR) is 289 cm³/mol. The van der Waals surface area contributed by atoms with Crippen LogP contribution in [0.5, 0.6) is 0 Å². The fraction of sp³-hybridized carbons (Fsp3) is 0.765. The molecule has 15 N–H and O–H groups in total. The molecule has 6 amide bonds. The molecule has 0 aliphatic carbocycles. The highest BCUT2D eigenvalue weighted by Crippen LogP contribution is 2.39. The number of aromatic amines is 1. The van der Waals surface area contributed by atoms with Crippen LogP contribution in [-0.2, 0) is 54.3 Å². The Morgan fingerprint density at radius 2 is 1.40 bits per heavy atom. The van der Waals surface area contributed by atoms with Crippen LogP contribution in [0.15, 0.2) is 12.5 Å². The van der Waals surface area contributed by atoms with Crippen LogP contribution in [0.1, 0.15) is 140 Å². The van der Waals surface area contributed by atoms with E-state index in [0.717, 1.165) is 11.8 Å². The van der Waals surface area contributed by atoms with Crippen molar-refractivity contribution < 1.29 is 58.2 Å². The molecule has 440 valence electrons. The largest absolute Gasteiger partial charge is 0.462 e. The van der Waals surface area contributed by atoms with E-state index in [-0.39, 0.29) is 56.9 Å². The van der Waals surface area contributed by atoms with Crippen LogP contribution in [0, 0.1) is 17.2 Å².